The molecule has 1 unspecified atom stereocenters. The number of halogens is 1. The lowest BCUT2D eigenvalue weighted by molar-refractivity contribution is -0.126. The summed E-state index contributed by atoms with van der Waals surface area (Å²) in [6.45, 7) is 3.45. The molecule has 9 nitrogen and oxygen atoms in total. The Morgan fingerprint density at radius 3 is 2.50 bits per heavy atom. The Morgan fingerprint density at radius 2 is 1.90 bits per heavy atom. The van der Waals surface area contributed by atoms with Gasteiger partial charge in [0, 0.05) is 13.6 Å². The molecule has 1 atom stereocenters. The molecule has 162 valence electrons. The third-order valence-electron chi connectivity index (χ3n) is 5.12. The summed E-state index contributed by atoms with van der Waals surface area (Å²) in [7, 11) is -2.19. The van der Waals surface area contributed by atoms with Gasteiger partial charge in [-0.15, -0.1) is 0 Å². The largest absolute Gasteiger partial charge is 0.346 e. The van der Waals surface area contributed by atoms with E-state index in [1.165, 1.54) is 12.1 Å². The van der Waals surface area contributed by atoms with Gasteiger partial charge in [0.2, 0.25) is 21.8 Å². The SMILES string of the molecule is Cc1nn(C)c(C)c1NC(=O)CNC(=O)C1CCCN1S(=O)(=O)c1ccc(F)cc1. The van der Waals surface area contributed by atoms with Crippen molar-refractivity contribution in [1.82, 2.24) is 19.4 Å². The van der Waals surface area contributed by atoms with Crippen LogP contribution in [0.25, 0.3) is 0 Å². The number of nitrogens with one attached hydrogen (secondary N) is 2. The van der Waals surface area contributed by atoms with E-state index in [-0.39, 0.29) is 18.0 Å². The minimum atomic E-state index is -3.95. The first-order valence-electron chi connectivity index (χ1n) is 9.46. The maximum Gasteiger partial charge on any atom is 0.243 e. The fourth-order valence-corrected chi connectivity index (χ4v) is 5.11. The van der Waals surface area contributed by atoms with Gasteiger partial charge in [0.15, 0.2) is 0 Å². The number of aromatic nitrogens is 2. The molecule has 1 aromatic carbocycles. The number of amides is 2. The van der Waals surface area contributed by atoms with Gasteiger partial charge < -0.3 is 10.6 Å². The van der Waals surface area contributed by atoms with Crippen LogP contribution in [-0.2, 0) is 26.7 Å². The Labute approximate surface area is 174 Å². The summed E-state index contributed by atoms with van der Waals surface area (Å²) in [4.78, 5) is 24.8. The van der Waals surface area contributed by atoms with E-state index in [0.717, 1.165) is 22.1 Å². The van der Waals surface area contributed by atoms with Crippen LogP contribution in [-0.4, -0.2) is 53.4 Å². The third kappa shape index (κ3) is 4.36. The lowest BCUT2D eigenvalue weighted by atomic mass is 10.2. The molecular formula is C19H24FN5O4S. The second-order valence-corrected chi connectivity index (χ2v) is 9.05. The molecule has 3 rings (SSSR count). The lowest BCUT2D eigenvalue weighted by Crippen LogP contribution is -2.47. The van der Waals surface area contributed by atoms with Gasteiger partial charge in [-0.05, 0) is 51.0 Å². The maximum atomic E-state index is 13.1. The van der Waals surface area contributed by atoms with Crippen LogP contribution in [0.2, 0.25) is 0 Å². The summed E-state index contributed by atoms with van der Waals surface area (Å²) in [5.74, 6) is -1.53. The van der Waals surface area contributed by atoms with E-state index in [4.69, 9.17) is 0 Å². The Kier molecular flexibility index (Phi) is 6.22. The Hall–Kier alpha value is -2.79. The minimum absolute atomic E-state index is 0.0797. The standard InChI is InChI=1S/C19H24FN5O4S/c1-12-18(13(2)24(3)23-12)22-17(26)11-21-19(27)16-5-4-10-25(16)30(28,29)15-8-6-14(20)7-9-15/h6-9,16H,4-5,10-11H2,1-3H3,(H,21,27)(H,22,26). The number of rotatable bonds is 6. The van der Waals surface area contributed by atoms with Crippen molar-refractivity contribution < 1.29 is 22.4 Å². The molecule has 1 aliphatic heterocycles. The predicted molar refractivity (Wildman–Crippen MR) is 108 cm³/mol. The quantitative estimate of drug-likeness (QED) is 0.702. The van der Waals surface area contributed by atoms with E-state index >= 15 is 0 Å². The topological polar surface area (TPSA) is 113 Å². The number of aryl methyl sites for hydroxylation is 2. The van der Waals surface area contributed by atoms with Crippen molar-refractivity contribution in [2.75, 3.05) is 18.4 Å². The molecule has 2 heterocycles. The molecular weight excluding hydrogens is 413 g/mol. The highest BCUT2D eigenvalue weighted by atomic mass is 32.2. The fraction of sp³-hybridized carbons (Fsp3) is 0.421. The second kappa shape index (κ2) is 8.52. The summed E-state index contributed by atoms with van der Waals surface area (Å²) in [6.07, 6.45) is 0.855. The normalized spacial score (nSPS) is 17.1. The molecule has 1 fully saturated rings. The zero-order valence-corrected chi connectivity index (χ0v) is 17.8. The van der Waals surface area contributed by atoms with Gasteiger partial charge >= 0.3 is 0 Å². The molecule has 0 bridgehead atoms. The average molecular weight is 437 g/mol. The lowest BCUT2D eigenvalue weighted by Gasteiger charge is -2.23. The molecule has 2 amide bonds. The molecule has 0 aliphatic carbocycles. The monoisotopic (exact) mass is 437 g/mol. The molecule has 11 heteroatoms. The van der Waals surface area contributed by atoms with Crippen molar-refractivity contribution in [3.63, 3.8) is 0 Å². The van der Waals surface area contributed by atoms with Crippen LogP contribution in [0.5, 0.6) is 0 Å². The molecule has 0 spiro atoms. The van der Waals surface area contributed by atoms with Crippen molar-refractivity contribution in [3.8, 4) is 0 Å². The zero-order chi connectivity index (χ0) is 22.1. The molecule has 1 saturated heterocycles. The van der Waals surface area contributed by atoms with Gasteiger partial charge in [-0.2, -0.15) is 9.40 Å². The van der Waals surface area contributed by atoms with Gasteiger partial charge in [0.05, 0.1) is 28.5 Å². The van der Waals surface area contributed by atoms with Crippen LogP contribution in [0.15, 0.2) is 29.2 Å². The molecule has 30 heavy (non-hydrogen) atoms. The van der Waals surface area contributed by atoms with E-state index in [1.807, 2.05) is 6.92 Å². The molecule has 0 radical (unpaired) electrons. The highest BCUT2D eigenvalue weighted by Crippen LogP contribution is 2.26. The van der Waals surface area contributed by atoms with Gasteiger partial charge in [0.25, 0.3) is 0 Å². The van der Waals surface area contributed by atoms with E-state index < -0.39 is 33.7 Å². The highest BCUT2D eigenvalue weighted by molar-refractivity contribution is 7.89. The summed E-state index contributed by atoms with van der Waals surface area (Å²) >= 11 is 0. The summed E-state index contributed by atoms with van der Waals surface area (Å²) in [5, 5.41) is 9.43. The number of anilines is 1. The first kappa shape index (κ1) is 21.9. The van der Waals surface area contributed by atoms with Crippen LogP contribution >= 0.6 is 0 Å². The Balaban J connectivity index is 1.64. The van der Waals surface area contributed by atoms with Crippen LogP contribution in [0.3, 0.4) is 0 Å². The van der Waals surface area contributed by atoms with Crippen LogP contribution in [0, 0.1) is 19.7 Å². The van der Waals surface area contributed by atoms with Crippen molar-refractivity contribution in [2.24, 2.45) is 7.05 Å². The number of hydrogen-bond acceptors (Lipinski definition) is 5. The van der Waals surface area contributed by atoms with E-state index in [2.05, 4.69) is 15.7 Å². The Morgan fingerprint density at radius 1 is 1.23 bits per heavy atom. The summed E-state index contributed by atoms with van der Waals surface area (Å²) in [6, 6.07) is 3.54. The number of benzene rings is 1. The predicted octanol–water partition coefficient (Wildman–Crippen LogP) is 1.08. The van der Waals surface area contributed by atoms with Crippen LogP contribution < -0.4 is 10.6 Å². The van der Waals surface area contributed by atoms with Crippen molar-refractivity contribution in [1.29, 1.82) is 0 Å². The Bertz CT molecular complexity index is 1070. The maximum absolute atomic E-state index is 13.1. The summed E-state index contributed by atoms with van der Waals surface area (Å²) < 4.78 is 41.6. The zero-order valence-electron chi connectivity index (χ0n) is 17.0. The van der Waals surface area contributed by atoms with Crippen molar-refractivity contribution in [3.05, 3.63) is 41.5 Å². The number of hydrogen-bond donors (Lipinski definition) is 2. The van der Waals surface area contributed by atoms with Gasteiger partial charge in [0.1, 0.15) is 11.9 Å². The van der Waals surface area contributed by atoms with Crippen molar-refractivity contribution in [2.45, 2.75) is 37.6 Å². The molecule has 2 aromatic rings. The summed E-state index contributed by atoms with van der Waals surface area (Å²) in [5.41, 5.74) is 2.01. The fourth-order valence-electron chi connectivity index (χ4n) is 3.46. The molecule has 1 aromatic heterocycles. The second-order valence-electron chi connectivity index (χ2n) is 7.16. The van der Waals surface area contributed by atoms with Crippen LogP contribution in [0.1, 0.15) is 24.2 Å². The number of nitrogens with zero attached hydrogens (tertiary/aromatic N) is 3. The smallest absolute Gasteiger partial charge is 0.243 e. The van der Waals surface area contributed by atoms with E-state index in [9.17, 15) is 22.4 Å². The first-order valence-corrected chi connectivity index (χ1v) is 10.9. The number of sulfonamides is 1. The third-order valence-corrected chi connectivity index (χ3v) is 7.05. The van der Waals surface area contributed by atoms with Gasteiger partial charge in [-0.3, -0.25) is 14.3 Å². The minimum Gasteiger partial charge on any atom is -0.346 e. The van der Waals surface area contributed by atoms with Crippen molar-refractivity contribution >= 4 is 27.5 Å². The van der Waals surface area contributed by atoms with E-state index in [1.54, 1.807) is 18.7 Å². The first-order chi connectivity index (χ1) is 14.1. The van der Waals surface area contributed by atoms with E-state index in [0.29, 0.717) is 24.2 Å². The molecule has 0 saturated carbocycles. The highest BCUT2D eigenvalue weighted by Gasteiger charge is 2.39. The van der Waals surface area contributed by atoms with Gasteiger partial charge in [-0.1, -0.05) is 0 Å². The number of carbonyl (C=O) groups is 2. The molecule has 1 aliphatic rings. The van der Waals surface area contributed by atoms with Gasteiger partial charge in [-0.25, -0.2) is 12.8 Å². The number of carbonyl (C=O) groups excluding carboxylic acids is 2. The molecule has 2 N–H and O–H groups in total. The average Bonchev–Trinajstić information content (AvgIpc) is 3.28. The van der Waals surface area contributed by atoms with Crippen LogP contribution in [0.4, 0.5) is 10.1 Å².